The molecule has 1 aromatic heterocycles. The number of nitrogens with one attached hydrogen (secondary N) is 1. The van der Waals surface area contributed by atoms with E-state index in [0.29, 0.717) is 22.2 Å². The fourth-order valence-electron chi connectivity index (χ4n) is 2.59. The quantitative estimate of drug-likeness (QED) is 0.630. The van der Waals surface area contributed by atoms with Gasteiger partial charge in [-0.1, -0.05) is 53.0 Å². The van der Waals surface area contributed by atoms with E-state index in [4.69, 9.17) is 39.9 Å². The van der Waals surface area contributed by atoms with Gasteiger partial charge >= 0.3 is 5.97 Å². The van der Waals surface area contributed by atoms with Gasteiger partial charge in [0.25, 0.3) is 5.91 Å². The Hall–Kier alpha value is -2.34. The van der Waals surface area contributed by atoms with Crippen LogP contribution in [-0.4, -0.2) is 22.0 Å². The molecule has 1 amide bonds. The Bertz CT molecular complexity index is 1020. The predicted molar refractivity (Wildman–Crippen MR) is 103 cm³/mol. The summed E-state index contributed by atoms with van der Waals surface area (Å²) < 4.78 is 0. The minimum absolute atomic E-state index is 0.146. The maximum absolute atomic E-state index is 12.6. The lowest BCUT2D eigenvalue weighted by Gasteiger charge is -2.12. The smallest absolute Gasteiger partial charge is 0.307 e. The lowest BCUT2D eigenvalue weighted by Crippen LogP contribution is -2.14. The number of carboxylic acid groups (broad SMARTS) is 1. The number of aliphatic carboxylic acids is 1. The number of nitrogens with zero attached hydrogens (tertiary/aromatic N) is 1. The van der Waals surface area contributed by atoms with Crippen LogP contribution in [0, 0.1) is 0 Å². The van der Waals surface area contributed by atoms with Gasteiger partial charge in [-0.15, -0.1) is 0 Å². The van der Waals surface area contributed by atoms with Crippen molar-refractivity contribution in [3.63, 3.8) is 0 Å². The van der Waals surface area contributed by atoms with Crippen LogP contribution in [-0.2, 0) is 11.2 Å². The van der Waals surface area contributed by atoms with Crippen LogP contribution in [0.4, 0.5) is 5.69 Å². The van der Waals surface area contributed by atoms with Crippen LogP contribution in [0.3, 0.4) is 0 Å². The number of halogens is 3. The van der Waals surface area contributed by atoms with Crippen molar-refractivity contribution >= 4 is 63.3 Å². The number of anilines is 1. The van der Waals surface area contributed by atoms with Crippen molar-refractivity contribution in [3.8, 4) is 0 Å². The summed E-state index contributed by atoms with van der Waals surface area (Å²) in [5, 5.41) is 13.1. The molecule has 1 heterocycles. The highest BCUT2D eigenvalue weighted by atomic mass is 35.5. The summed E-state index contributed by atoms with van der Waals surface area (Å²) in [6, 6.07) is 9.79. The topological polar surface area (TPSA) is 79.3 Å². The predicted octanol–water partition coefficient (Wildman–Crippen LogP) is 5.07. The van der Waals surface area contributed by atoms with Crippen LogP contribution in [0.5, 0.6) is 0 Å². The lowest BCUT2D eigenvalue weighted by molar-refractivity contribution is -0.136. The molecule has 3 rings (SSSR count). The second kappa shape index (κ2) is 7.50. The number of carbonyl (C=O) groups excluding carboxylic acids is 1. The van der Waals surface area contributed by atoms with E-state index in [9.17, 15) is 9.59 Å². The van der Waals surface area contributed by atoms with Gasteiger partial charge in [0.05, 0.1) is 38.3 Å². The van der Waals surface area contributed by atoms with Crippen LogP contribution in [0.15, 0.2) is 42.6 Å². The molecule has 3 aromatic rings. The molecule has 0 saturated heterocycles. The maximum atomic E-state index is 12.6. The fraction of sp³-hybridized carbons (Fsp3) is 0.0556. The number of carboxylic acids is 1. The molecular weight excluding hydrogens is 399 g/mol. The summed E-state index contributed by atoms with van der Waals surface area (Å²) in [6.07, 6.45) is 1.10. The molecule has 0 bridgehead atoms. The minimum Gasteiger partial charge on any atom is -0.481 e. The van der Waals surface area contributed by atoms with Gasteiger partial charge in [-0.3, -0.25) is 14.6 Å². The average molecular weight is 410 g/mol. The molecule has 5 nitrogen and oxygen atoms in total. The zero-order chi connectivity index (χ0) is 18.8. The number of pyridine rings is 1. The third kappa shape index (κ3) is 3.60. The number of hydrogen-bond donors (Lipinski definition) is 2. The number of carbonyl (C=O) groups is 2. The lowest BCUT2D eigenvalue weighted by atomic mass is 10.0. The van der Waals surface area contributed by atoms with Crippen molar-refractivity contribution in [3.05, 3.63) is 68.8 Å². The van der Waals surface area contributed by atoms with Gasteiger partial charge in [-0.25, -0.2) is 0 Å². The van der Waals surface area contributed by atoms with E-state index in [2.05, 4.69) is 10.3 Å². The summed E-state index contributed by atoms with van der Waals surface area (Å²) in [6.45, 7) is 0. The summed E-state index contributed by atoms with van der Waals surface area (Å²) >= 11 is 18.2. The van der Waals surface area contributed by atoms with Crippen LogP contribution < -0.4 is 5.32 Å². The van der Waals surface area contributed by atoms with Gasteiger partial charge < -0.3 is 10.4 Å². The first-order chi connectivity index (χ1) is 12.4. The first kappa shape index (κ1) is 18.5. The summed E-state index contributed by atoms with van der Waals surface area (Å²) in [4.78, 5) is 27.9. The number of amides is 1. The standard InChI is InChI=1S/C18H11Cl3N2O3/c19-11-4-2-5-12(20)16(11)18(26)23-14-6-1-3-9-10(7-15(24)25)13(21)8-22-17(9)14/h1-6,8H,7H2,(H,23,26)(H,24,25). The summed E-state index contributed by atoms with van der Waals surface area (Å²) in [5.74, 6) is -1.51. The third-order valence-electron chi connectivity index (χ3n) is 3.72. The van der Waals surface area contributed by atoms with E-state index in [1.807, 2.05) is 0 Å². The highest BCUT2D eigenvalue weighted by Gasteiger charge is 2.18. The first-order valence-electron chi connectivity index (χ1n) is 7.41. The Morgan fingerprint density at radius 3 is 2.31 bits per heavy atom. The number of rotatable bonds is 4. The first-order valence-corrected chi connectivity index (χ1v) is 8.55. The fourth-order valence-corrected chi connectivity index (χ4v) is 3.37. The SMILES string of the molecule is O=C(O)Cc1c(Cl)cnc2c(NC(=O)c3c(Cl)cccc3Cl)cccc12. The van der Waals surface area contributed by atoms with Crippen molar-refractivity contribution in [2.24, 2.45) is 0 Å². The molecule has 0 unspecified atom stereocenters. The van der Waals surface area contributed by atoms with Crippen LogP contribution in [0.2, 0.25) is 15.1 Å². The molecule has 0 aliphatic heterocycles. The normalized spacial score (nSPS) is 10.7. The molecule has 26 heavy (non-hydrogen) atoms. The highest BCUT2D eigenvalue weighted by molar-refractivity contribution is 6.40. The molecule has 0 atom stereocenters. The number of aromatic nitrogens is 1. The number of fused-ring (bicyclic) bond motifs is 1. The van der Waals surface area contributed by atoms with Crippen molar-refractivity contribution in [2.45, 2.75) is 6.42 Å². The van der Waals surface area contributed by atoms with E-state index in [-0.39, 0.29) is 27.1 Å². The second-order valence-corrected chi connectivity index (χ2v) is 6.63. The van der Waals surface area contributed by atoms with Gasteiger partial charge in [0.2, 0.25) is 0 Å². The van der Waals surface area contributed by atoms with Crippen molar-refractivity contribution in [1.82, 2.24) is 4.98 Å². The number of benzene rings is 2. The van der Waals surface area contributed by atoms with Crippen LogP contribution >= 0.6 is 34.8 Å². The molecule has 8 heteroatoms. The van der Waals surface area contributed by atoms with E-state index < -0.39 is 11.9 Å². The molecule has 0 aliphatic carbocycles. The third-order valence-corrected chi connectivity index (χ3v) is 4.68. The largest absolute Gasteiger partial charge is 0.481 e. The molecule has 0 fully saturated rings. The van der Waals surface area contributed by atoms with E-state index in [1.54, 1.807) is 36.4 Å². The second-order valence-electron chi connectivity index (χ2n) is 5.41. The molecule has 0 spiro atoms. The Morgan fingerprint density at radius 2 is 1.65 bits per heavy atom. The molecule has 2 N–H and O–H groups in total. The van der Waals surface area contributed by atoms with E-state index in [0.717, 1.165) is 0 Å². The summed E-state index contributed by atoms with van der Waals surface area (Å²) in [5.41, 5.74) is 1.39. The van der Waals surface area contributed by atoms with Crippen LogP contribution in [0.1, 0.15) is 15.9 Å². The molecule has 2 aromatic carbocycles. The van der Waals surface area contributed by atoms with Gasteiger partial charge in [0, 0.05) is 11.6 Å². The maximum Gasteiger partial charge on any atom is 0.307 e. The minimum atomic E-state index is -1.02. The zero-order valence-electron chi connectivity index (χ0n) is 13.1. The van der Waals surface area contributed by atoms with Crippen molar-refractivity contribution in [1.29, 1.82) is 0 Å². The zero-order valence-corrected chi connectivity index (χ0v) is 15.4. The number of hydrogen-bond acceptors (Lipinski definition) is 3. The molecule has 0 aliphatic rings. The molecular formula is C18H11Cl3N2O3. The van der Waals surface area contributed by atoms with Crippen molar-refractivity contribution < 1.29 is 14.7 Å². The van der Waals surface area contributed by atoms with E-state index in [1.165, 1.54) is 6.20 Å². The Morgan fingerprint density at radius 1 is 1.00 bits per heavy atom. The van der Waals surface area contributed by atoms with Gasteiger partial charge in [-0.05, 0) is 23.8 Å². The molecule has 0 radical (unpaired) electrons. The molecule has 0 saturated carbocycles. The van der Waals surface area contributed by atoms with Gasteiger partial charge in [0.1, 0.15) is 0 Å². The average Bonchev–Trinajstić information content (AvgIpc) is 2.57. The Kier molecular flexibility index (Phi) is 5.32. The van der Waals surface area contributed by atoms with Gasteiger partial charge in [0.15, 0.2) is 0 Å². The van der Waals surface area contributed by atoms with E-state index >= 15 is 0 Å². The van der Waals surface area contributed by atoms with Crippen molar-refractivity contribution in [2.75, 3.05) is 5.32 Å². The Balaban J connectivity index is 2.06. The Labute approximate surface area is 163 Å². The number of para-hydroxylation sites is 1. The van der Waals surface area contributed by atoms with Crippen LogP contribution in [0.25, 0.3) is 10.9 Å². The summed E-state index contributed by atoms with van der Waals surface area (Å²) in [7, 11) is 0. The molecule has 132 valence electrons. The van der Waals surface area contributed by atoms with Gasteiger partial charge in [-0.2, -0.15) is 0 Å². The monoisotopic (exact) mass is 408 g/mol. The highest BCUT2D eigenvalue weighted by Crippen LogP contribution is 2.31.